The fraction of sp³-hybridized carbons (Fsp3) is 0.533. The molecule has 0 aromatic heterocycles. The molecule has 0 atom stereocenters. The van der Waals surface area contributed by atoms with Gasteiger partial charge in [0.15, 0.2) is 0 Å². The molecule has 3 nitrogen and oxygen atoms in total. The van der Waals surface area contributed by atoms with E-state index in [1.165, 1.54) is 12.0 Å². The summed E-state index contributed by atoms with van der Waals surface area (Å²) in [5, 5.41) is 0. The Morgan fingerprint density at radius 1 is 1.39 bits per heavy atom. The van der Waals surface area contributed by atoms with Crippen LogP contribution in [-0.2, 0) is 0 Å². The molecular formula is C15H22N2O. The van der Waals surface area contributed by atoms with Gasteiger partial charge in [-0.2, -0.15) is 0 Å². The second-order valence-electron chi connectivity index (χ2n) is 5.12. The fourth-order valence-electron chi connectivity index (χ4n) is 2.42. The van der Waals surface area contributed by atoms with Crippen molar-refractivity contribution in [2.45, 2.75) is 39.2 Å². The van der Waals surface area contributed by atoms with Crippen molar-refractivity contribution in [1.82, 2.24) is 4.90 Å². The molecule has 1 aromatic rings. The molecule has 1 fully saturated rings. The second-order valence-corrected chi connectivity index (χ2v) is 5.12. The third-order valence-corrected chi connectivity index (χ3v) is 3.98. The molecule has 0 bridgehead atoms. The Labute approximate surface area is 109 Å². The highest BCUT2D eigenvalue weighted by Crippen LogP contribution is 2.26. The lowest BCUT2D eigenvalue weighted by Gasteiger charge is -2.37. The van der Waals surface area contributed by atoms with Crippen LogP contribution in [0.15, 0.2) is 18.2 Å². The lowest BCUT2D eigenvalue weighted by atomic mass is 9.90. The van der Waals surface area contributed by atoms with E-state index in [9.17, 15) is 4.79 Å². The Kier molecular flexibility index (Phi) is 4.02. The van der Waals surface area contributed by atoms with Gasteiger partial charge in [-0.3, -0.25) is 4.79 Å². The molecule has 0 aliphatic heterocycles. The van der Waals surface area contributed by atoms with Gasteiger partial charge in [0.05, 0.1) is 0 Å². The molecule has 2 N–H and O–H groups in total. The second kappa shape index (κ2) is 5.53. The van der Waals surface area contributed by atoms with E-state index in [2.05, 4.69) is 0 Å². The maximum Gasteiger partial charge on any atom is 0.254 e. The van der Waals surface area contributed by atoms with Crippen molar-refractivity contribution >= 4 is 5.91 Å². The molecule has 18 heavy (non-hydrogen) atoms. The van der Waals surface area contributed by atoms with Crippen LogP contribution in [0, 0.1) is 13.8 Å². The number of rotatable bonds is 4. The van der Waals surface area contributed by atoms with Gasteiger partial charge in [-0.1, -0.05) is 12.1 Å². The topological polar surface area (TPSA) is 46.3 Å². The van der Waals surface area contributed by atoms with Crippen LogP contribution in [0.3, 0.4) is 0 Å². The zero-order chi connectivity index (χ0) is 13.1. The number of nitrogens with zero attached hydrogens (tertiary/aromatic N) is 1. The third-order valence-electron chi connectivity index (χ3n) is 3.98. The minimum Gasteiger partial charge on any atom is -0.334 e. The number of nitrogens with two attached hydrogens (primary N) is 1. The van der Waals surface area contributed by atoms with Crippen molar-refractivity contribution in [1.29, 1.82) is 0 Å². The van der Waals surface area contributed by atoms with Crippen LogP contribution in [0.2, 0.25) is 0 Å². The fourth-order valence-corrected chi connectivity index (χ4v) is 2.42. The first-order chi connectivity index (χ1) is 8.65. The van der Waals surface area contributed by atoms with Gasteiger partial charge in [0.25, 0.3) is 5.91 Å². The SMILES string of the molecule is Cc1cccc(C(=O)N(CCN)C2CCC2)c1C. The van der Waals surface area contributed by atoms with Crippen LogP contribution in [0.1, 0.15) is 40.7 Å². The van der Waals surface area contributed by atoms with E-state index in [4.69, 9.17) is 5.73 Å². The molecule has 1 saturated carbocycles. The number of benzene rings is 1. The van der Waals surface area contributed by atoms with Gasteiger partial charge in [-0.05, 0) is 50.3 Å². The highest BCUT2D eigenvalue weighted by atomic mass is 16.2. The summed E-state index contributed by atoms with van der Waals surface area (Å²) in [4.78, 5) is 14.6. The van der Waals surface area contributed by atoms with E-state index in [0.29, 0.717) is 19.1 Å². The summed E-state index contributed by atoms with van der Waals surface area (Å²) in [7, 11) is 0. The molecular weight excluding hydrogens is 224 g/mol. The summed E-state index contributed by atoms with van der Waals surface area (Å²) in [6.07, 6.45) is 3.47. The van der Waals surface area contributed by atoms with Crippen molar-refractivity contribution in [2.75, 3.05) is 13.1 Å². The summed E-state index contributed by atoms with van der Waals surface area (Å²) in [5.41, 5.74) is 8.72. The quantitative estimate of drug-likeness (QED) is 0.885. The Morgan fingerprint density at radius 2 is 2.11 bits per heavy atom. The zero-order valence-corrected chi connectivity index (χ0v) is 11.3. The molecule has 1 aromatic carbocycles. The summed E-state index contributed by atoms with van der Waals surface area (Å²) < 4.78 is 0. The van der Waals surface area contributed by atoms with Crippen molar-refractivity contribution in [2.24, 2.45) is 5.73 Å². The van der Waals surface area contributed by atoms with Gasteiger partial charge >= 0.3 is 0 Å². The minimum atomic E-state index is 0.145. The van der Waals surface area contributed by atoms with Gasteiger partial charge in [-0.25, -0.2) is 0 Å². The molecule has 0 unspecified atom stereocenters. The third kappa shape index (κ3) is 2.41. The number of amides is 1. The van der Waals surface area contributed by atoms with Crippen LogP contribution in [0.5, 0.6) is 0 Å². The number of hydrogen-bond donors (Lipinski definition) is 1. The van der Waals surface area contributed by atoms with E-state index in [1.54, 1.807) is 0 Å². The molecule has 1 aliphatic carbocycles. The Morgan fingerprint density at radius 3 is 2.67 bits per heavy atom. The van der Waals surface area contributed by atoms with Crippen LogP contribution < -0.4 is 5.73 Å². The van der Waals surface area contributed by atoms with E-state index in [0.717, 1.165) is 24.0 Å². The Hall–Kier alpha value is -1.35. The summed E-state index contributed by atoms with van der Waals surface area (Å²) in [6.45, 7) is 5.26. The van der Waals surface area contributed by atoms with Crippen LogP contribution in [0.25, 0.3) is 0 Å². The summed E-state index contributed by atoms with van der Waals surface area (Å²) >= 11 is 0. The van der Waals surface area contributed by atoms with Crippen LogP contribution in [0.4, 0.5) is 0 Å². The standard InChI is InChI=1S/C15H22N2O/c1-11-5-3-8-14(12(11)2)15(18)17(10-9-16)13-6-4-7-13/h3,5,8,13H,4,6-7,9-10,16H2,1-2H3. The molecule has 1 aliphatic rings. The number of aryl methyl sites for hydroxylation is 1. The van der Waals surface area contributed by atoms with Gasteiger partial charge < -0.3 is 10.6 Å². The first-order valence-corrected chi connectivity index (χ1v) is 6.72. The van der Waals surface area contributed by atoms with Gasteiger partial charge in [0.2, 0.25) is 0 Å². The Bertz CT molecular complexity index is 438. The van der Waals surface area contributed by atoms with Crippen LogP contribution in [-0.4, -0.2) is 29.9 Å². The first-order valence-electron chi connectivity index (χ1n) is 6.72. The molecule has 0 saturated heterocycles. The zero-order valence-electron chi connectivity index (χ0n) is 11.3. The first kappa shape index (κ1) is 13.1. The molecule has 2 rings (SSSR count). The monoisotopic (exact) mass is 246 g/mol. The molecule has 3 heteroatoms. The lowest BCUT2D eigenvalue weighted by molar-refractivity contribution is 0.0588. The Balaban J connectivity index is 2.24. The van der Waals surface area contributed by atoms with Gasteiger partial charge in [0.1, 0.15) is 0 Å². The normalized spacial score (nSPS) is 15.3. The summed E-state index contributed by atoms with van der Waals surface area (Å²) in [6, 6.07) is 6.33. The van der Waals surface area contributed by atoms with Crippen molar-refractivity contribution < 1.29 is 4.79 Å². The van der Waals surface area contributed by atoms with Gasteiger partial charge in [-0.15, -0.1) is 0 Å². The number of carbonyl (C=O) groups excluding carboxylic acids is 1. The maximum atomic E-state index is 12.6. The van der Waals surface area contributed by atoms with E-state index in [1.807, 2.05) is 36.9 Å². The molecule has 98 valence electrons. The van der Waals surface area contributed by atoms with E-state index >= 15 is 0 Å². The van der Waals surface area contributed by atoms with Gasteiger partial charge in [0, 0.05) is 24.7 Å². The van der Waals surface area contributed by atoms with E-state index in [-0.39, 0.29) is 5.91 Å². The highest BCUT2D eigenvalue weighted by Gasteiger charge is 2.29. The predicted octanol–water partition coefficient (Wildman–Crippen LogP) is 2.26. The smallest absolute Gasteiger partial charge is 0.254 e. The largest absolute Gasteiger partial charge is 0.334 e. The van der Waals surface area contributed by atoms with Crippen molar-refractivity contribution in [3.05, 3.63) is 34.9 Å². The molecule has 0 radical (unpaired) electrons. The minimum absolute atomic E-state index is 0.145. The predicted molar refractivity (Wildman–Crippen MR) is 73.6 cm³/mol. The average molecular weight is 246 g/mol. The average Bonchev–Trinajstić information content (AvgIpc) is 2.29. The number of hydrogen-bond acceptors (Lipinski definition) is 2. The van der Waals surface area contributed by atoms with Crippen molar-refractivity contribution in [3.63, 3.8) is 0 Å². The molecule has 1 amide bonds. The highest BCUT2D eigenvalue weighted by molar-refractivity contribution is 5.96. The molecule has 0 heterocycles. The number of carbonyl (C=O) groups is 1. The maximum absolute atomic E-state index is 12.6. The lowest BCUT2D eigenvalue weighted by Crippen LogP contribution is -2.46. The van der Waals surface area contributed by atoms with Crippen LogP contribution >= 0.6 is 0 Å². The van der Waals surface area contributed by atoms with E-state index < -0.39 is 0 Å². The summed E-state index contributed by atoms with van der Waals surface area (Å²) in [5.74, 6) is 0.145. The van der Waals surface area contributed by atoms with Crippen molar-refractivity contribution in [3.8, 4) is 0 Å². The molecule has 0 spiro atoms.